The molecule has 22 heavy (non-hydrogen) atoms. The molecule has 2 N–H and O–H groups in total. The predicted molar refractivity (Wildman–Crippen MR) is 95.5 cm³/mol. The molecular weight excluding hydrogens is 272 g/mol. The van der Waals surface area contributed by atoms with E-state index in [4.69, 9.17) is 0 Å². The van der Waals surface area contributed by atoms with Crippen molar-refractivity contribution < 1.29 is 0 Å². The Morgan fingerprint density at radius 3 is 2.45 bits per heavy atom. The van der Waals surface area contributed by atoms with Crippen molar-refractivity contribution >= 4 is 11.6 Å². The number of benzene rings is 1. The van der Waals surface area contributed by atoms with Crippen molar-refractivity contribution in [3.8, 4) is 0 Å². The molecule has 1 heterocycles. The zero-order chi connectivity index (χ0) is 15.6. The number of hydrogen-bond acceptors (Lipinski definition) is 2. The monoisotopic (exact) mass is 300 g/mol. The van der Waals surface area contributed by atoms with Gasteiger partial charge in [-0.3, -0.25) is 0 Å². The van der Waals surface area contributed by atoms with E-state index in [1.807, 2.05) is 0 Å². The molecule has 0 aliphatic carbocycles. The van der Waals surface area contributed by atoms with Gasteiger partial charge in [0, 0.05) is 31.9 Å². The molecule has 0 fully saturated rings. The first-order chi connectivity index (χ1) is 10.8. The fourth-order valence-corrected chi connectivity index (χ4v) is 2.40. The molecule has 1 aliphatic heterocycles. The molecule has 1 aromatic carbocycles. The van der Waals surface area contributed by atoms with E-state index in [9.17, 15) is 0 Å². The highest BCUT2D eigenvalue weighted by atomic mass is 15.2. The van der Waals surface area contributed by atoms with Crippen LogP contribution < -0.4 is 15.5 Å². The number of rotatable bonds is 7. The van der Waals surface area contributed by atoms with Crippen molar-refractivity contribution in [3.05, 3.63) is 42.0 Å². The van der Waals surface area contributed by atoms with Crippen LogP contribution >= 0.6 is 0 Å². The van der Waals surface area contributed by atoms with E-state index in [-0.39, 0.29) is 0 Å². The van der Waals surface area contributed by atoms with Crippen molar-refractivity contribution in [2.75, 3.05) is 31.1 Å². The fourth-order valence-electron chi connectivity index (χ4n) is 2.40. The van der Waals surface area contributed by atoms with Crippen LogP contribution in [0.3, 0.4) is 0 Å². The molecule has 0 saturated heterocycles. The molecule has 120 valence electrons. The van der Waals surface area contributed by atoms with Gasteiger partial charge in [-0.25, -0.2) is 4.99 Å². The van der Waals surface area contributed by atoms with Gasteiger partial charge in [0.1, 0.15) is 0 Å². The second kappa shape index (κ2) is 9.13. The van der Waals surface area contributed by atoms with E-state index in [2.05, 4.69) is 70.8 Å². The van der Waals surface area contributed by atoms with Crippen LogP contribution in [0.5, 0.6) is 0 Å². The maximum absolute atomic E-state index is 4.65. The molecule has 0 atom stereocenters. The van der Waals surface area contributed by atoms with Crippen molar-refractivity contribution in [1.82, 2.24) is 10.6 Å². The fraction of sp³-hybridized carbons (Fsp3) is 0.500. The highest BCUT2D eigenvalue weighted by Crippen LogP contribution is 2.17. The number of unbranched alkanes of at least 4 members (excludes halogenated alkanes) is 1. The molecule has 0 spiro atoms. The topological polar surface area (TPSA) is 39.7 Å². The Morgan fingerprint density at radius 2 is 1.82 bits per heavy atom. The Morgan fingerprint density at radius 1 is 1.09 bits per heavy atom. The Balaban J connectivity index is 1.88. The Kier molecular flexibility index (Phi) is 6.81. The largest absolute Gasteiger partial charge is 0.364 e. The summed E-state index contributed by atoms with van der Waals surface area (Å²) in [6, 6.07) is 8.73. The second-order valence-electron chi connectivity index (χ2n) is 5.52. The van der Waals surface area contributed by atoms with Crippen LogP contribution in [0.1, 0.15) is 32.3 Å². The highest BCUT2D eigenvalue weighted by Gasteiger charge is 2.06. The number of anilines is 1. The van der Waals surface area contributed by atoms with Gasteiger partial charge in [0.05, 0.1) is 6.54 Å². The molecule has 0 saturated carbocycles. The molecule has 0 aromatic heterocycles. The Bertz CT molecular complexity index is 482. The van der Waals surface area contributed by atoms with E-state index >= 15 is 0 Å². The summed E-state index contributed by atoms with van der Waals surface area (Å²) in [5.74, 6) is 0.906. The standard InChI is InChI=1S/C18H28N4/c1-3-5-12-20-18(19-4-2)21-15-16-8-10-17(11-9-16)22-13-6-7-14-22/h6-11H,3-5,12-15H2,1-2H3,(H2,19,20,21). The Labute approximate surface area is 134 Å². The first kappa shape index (κ1) is 16.4. The molecule has 4 nitrogen and oxygen atoms in total. The van der Waals surface area contributed by atoms with Crippen molar-refractivity contribution in [2.45, 2.75) is 33.2 Å². The summed E-state index contributed by atoms with van der Waals surface area (Å²) in [7, 11) is 0. The summed E-state index contributed by atoms with van der Waals surface area (Å²) in [6.45, 7) is 8.90. The minimum atomic E-state index is 0.708. The van der Waals surface area contributed by atoms with Crippen LogP contribution in [0.25, 0.3) is 0 Å². The maximum atomic E-state index is 4.65. The summed E-state index contributed by atoms with van der Waals surface area (Å²) in [6.07, 6.45) is 6.79. The minimum absolute atomic E-state index is 0.708. The minimum Gasteiger partial charge on any atom is -0.364 e. The lowest BCUT2D eigenvalue weighted by molar-refractivity contribution is 0.730. The van der Waals surface area contributed by atoms with E-state index in [0.29, 0.717) is 6.54 Å². The van der Waals surface area contributed by atoms with Crippen molar-refractivity contribution in [3.63, 3.8) is 0 Å². The van der Waals surface area contributed by atoms with Gasteiger partial charge < -0.3 is 15.5 Å². The maximum Gasteiger partial charge on any atom is 0.191 e. The van der Waals surface area contributed by atoms with Gasteiger partial charge in [-0.05, 0) is 31.0 Å². The summed E-state index contributed by atoms with van der Waals surface area (Å²) in [5, 5.41) is 6.66. The molecule has 0 radical (unpaired) electrons. The van der Waals surface area contributed by atoms with Crippen molar-refractivity contribution in [1.29, 1.82) is 0 Å². The predicted octanol–water partition coefficient (Wildman–Crippen LogP) is 2.92. The van der Waals surface area contributed by atoms with E-state index < -0.39 is 0 Å². The summed E-state index contributed by atoms with van der Waals surface area (Å²) >= 11 is 0. The molecule has 4 heteroatoms. The van der Waals surface area contributed by atoms with Crippen LogP contribution in [0.15, 0.2) is 41.4 Å². The lowest BCUT2D eigenvalue weighted by Gasteiger charge is -2.17. The van der Waals surface area contributed by atoms with Gasteiger partial charge in [-0.1, -0.05) is 37.6 Å². The number of aliphatic imine (C=N–C) groups is 1. The third-order valence-electron chi connectivity index (χ3n) is 3.71. The smallest absolute Gasteiger partial charge is 0.191 e. The third kappa shape index (κ3) is 5.10. The third-order valence-corrected chi connectivity index (χ3v) is 3.71. The summed E-state index contributed by atoms with van der Waals surface area (Å²) < 4.78 is 0. The average molecular weight is 300 g/mol. The SMILES string of the molecule is CCCCNC(=NCc1ccc(N2CC=CC2)cc1)NCC. The van der Waals surface area contributed by atoms with Crippen LogP contribution in [-0.4, -0.2) is 32.1 Å². The molecule has 0 unspecified atom stereocenters. The number of guanidine groups is 1. The molecule has 2 rings (SSSR count). The van der Waals surface area contributed by atoms with Gasteiger partial charge in [-0.15, -0.1) is 0 Å². The number of nitrogens with zero attached hydrogens (tertiary/aromatic N) is 2. The zero-order valence-corrected chi connectivity index (χ0v) is 13.8. The molecular formula is C18H28N4. The lowest BCUT2D eigenvalue weighted by Crippen LogP contribution is -2.37. The number of hydrogen-bond donors (Lipinski definition) is 2. The zero-order valence-electron chi connectivity index (χ0n) is 13.8. The van der Waals surface area contributed by atoms with E-state index in [1.54, 1.807) is 0 Å². The quantitative estimate of drug-likeness (QED) is 0.352. The molecule has 0 bridgehead atoms. The second-order valence-corrected chi connectivity index (χ2v) is 5.52. The van der Waals surface area contributed by atoms with E-state index in [0.717, 1.165) is 32.1 Å². The summed E-state index contributed by atoms with van der Waals surface area (Å²) in [4.78, 5) is 7.00. The van der Waals surface area contributed by atoms with Crippen LogP contribution in [0.2, 0.25) is 0 Å². The molecule has 1 aliphatic rings. The summed E-state index contributed by atoms with van der Waals surface area (Å²) in [5.41, 5.74) is 2.52. The number of nitrogens with one attached hydrogen (secondary N) is 2. The van der Waals surface area contributed by atoms with E-state index in [1.165, 1.54) is 24.1 Å². The normalized spacial score (nSPS) is 14.5. The van der Waals surface area contributed by atoms with Crippen LogP contribution in [-0.2, 0) is 6.54 Å². The van der Waals surface area contributed by atoms with Crippen LogP contribution in [0, 0.1) is 0 Å². The van der Waals surface area contributed by atoms with Gasteiger partial charge in [0.25, 0.3) is 0 Å². The first-order valence-corrected chi connectivity index (χ1v) is 8.34. The lowest BCUT2D eigenvalue weighted by atomic mass is 10.2. The van der Waals surface area contributed by atoms with Crippen molar-refractivity contribution in [2.24, 2.45) is 4.99 Å². The molecule has 0 amide bonds. The Hall–Kier alpha value is -1.97. The van der Waals surface area contributed by atoms with Gasteiger partial charge in [0.15, 0.2) is 5.96 Å². The first-order valence-electron chi connectivity index (χ1n) is 8.34. The highest BCUT2D eigenvalue weighted by molar-refractivity contribution is 5.79. The van der Waals surface area contributed by atoms with Gasteiger partial charge in [-0.2, -0.15) is 0 Å². The van der Waals surface area contributed by atoms with Crippen LogP contribution in [0.4, 0.5) is 5.69 Å². The van der Waals surface area contributed by atoms with Gasteiger partial charge >= 0.3 is 0 Å². The average Bonchev–Trinajstić information content (AvgIpc) is 3.08. The van der Waals surface area contributed by atoms with Gasteiger partial charge in [0.2, 0.25) is 0 Å². The molecule has 1 aromatic rings.